The number of pyridine rings is 1. The van der Waals surface area contributed by atoms with E-state index in [-0.39, 0.29) is 5.91 Å². The molecule has 2 heterocycles. The van der Waals surface area contributed by atoms with E-state index in [1.807, 2.05) is 36.4 Å². The molecule has 0 unspecified atom stereocenters. The Labute approximate surface area is 144 Å². The Balaban J connectivity index is 1.58. The van der Waals surface area contributed by atoms with Crippen LogP contribution in [0.5, 0.6) is 5.75 Å². The van der Waals surface area contributed by atoms with E-state index >= 15 is 0 Å². The third-order valence-corrected chi connectivity index (χ3v) is 4.35. The molecule has 0 radical (unpaired) electrons. The van der Waals surface area contributed by atoms with Gasteiger partial charge >= 0.3 is 0 Å². The number of hydrogen-bond acceptors (Lipinski definition) is 5. The van der Waals surface area contributed by atoms with Crippen LogP contribution < -0.4 is 10.1 Å². The van der Waals surface area contributed by atoms with Gasteiger partial charge in [-0.25, -0.2) is 4.98 Å². The van der Waals surface area contributed by atoms with Crippen LogP contribution in [0.1, 0.15) is 26.6 Å². The summed E-state index contributed by atoms with van der Waals surface area (Å²) in [5.41, 5.74) is 2.60. The average molecular weight is 339 g/mol. The number of aromatic nitrogens is 2. The van der Waals surface area contributed by atoms with Crippen LogP contribution in [0.2, 0.25) is 0 Å². The molecule has 1 amide bonds. The van der Waals surface area contributed by atoms with Gasteiger partial charge in [0.05, 0.1) is 12.1 Å². The monoisotopic (exact) mass is 339 g/mol. The number of carbonyl (C=O) groups excluding carboxylic acids is 1. The molecule has 1 aromatic carbocycles. The molecule has 24 heavy (non-hydrogen) atoms. The lowest BCUT2D eigenvalue weighted by atomic mass is 10.1. The Hall–Kier alpha value is -2.73. The van der Waals surface area contributed by atoms with Gasteiger partial charge in [0, 0.05) is 30.7 Å². The van der Waals surface area contributed by atoms with Gasteiger partial charge in [-0.15, -0.1) is 11.3 Å². The Morgan fingerprint density at radius 2 is 1.88 bits per heavy atom. The number of benzene rings is 1. The van der Waals surface area contributed by atoms with Gasteiger partial charge in [-0.05, 0) is 35.4 Å². The lowest BCUT2D eigenvalue weighted by molar-refractivity contribution is 0.0946. The minimum atomic E-state index is -0.163. The average Bonchev–Trinajstić information content (AvgIpc) is 3.10. The number of amides is 1. The third-order valence-electron chi connectivity index (χ3n) is 3.50. The maximum Gasteiger partial charge on any atom is 0.271 e. The number of methoxy groups -OCH3 is 1. The van der Waals surface area contributed by atoms with Crippen LogP contribution in [0.4, 0.5) is 0 Å². The molecule has 2 aromatic heterocycles. The number of nitrogens with one attached hydrogen (secondary N) is 1. The molecule has 0 spiro atoms. The first-order valence-corrected chi connectivity index (χ1v) is 8.37. The molecule has 0 aliphatic heterocycles. The summed E-state index contributed by atoms with van der Waals surface area (Å²) in [6, 6.07) is 11.6. The van der Waals surface area contributed by atoms with Crippen molar-refractivity contribution in [1.29, 1.82) is 0 Å². The zero-order valence-electron chi connectivity index (χ0n) is 13.2. The molecule has 0 aliphatic carbocycles. The number of ether oxygens (including phenoxy) is 1. The fraction of sp³-hybridized carbons (Fsp3) is 0.167. The van der Waals surface area contributed by atoms with E-state index in [1.165, 1.54) is 11.3 Å². The predicted molar refractivity (Wildman–Crippen MR) is 93.3 cm³/mol. The SMILES string of the molecule is COc1ccc(Cc2nc(C(=O)NCc3ccncc3)cs2)cc1. The van der Waals surface area contributed by atoms with E-state index in [9.17, 15) is 4.79 Å². The number of rotatable bonds is 6. The van der Waals surface area contributed by atoms with Crippen molar-refractivity contribution in [2.45, 2.75) is 13.0 Å². The molecule has 3 aromatic rings. The molecule has 5 nitrogen and oxygen atoms in total. The fourth-order valence-electron chi connectivity index (χ4n) is 2.19. The molecule has 0 bridgehead atoms. The van der Waals surface area contributed by atoms with E-state index in [4.69, 9.17) is 4.74 Å². The summed E-state index contributed by atoms with van der Waals surface area (Å²) in [6.45, 7) is 0.465. The van der Waals surface area contributed by atoms with Gasteiger partial charge in [0.15, 0.2) is 0 Å². The van der Waals surface area contributed by atoms with Gasteiger partial charge in [0.1, 0.15) is 11.4 Å². The smallest absolute Gasteiger partial charge is 0.271 e. The van der Waals surface area contributed by atoms with Crippen LogP contribution in [0, 0.1) is 0 Å². The second-order valence-electron chi connectivity index (χ2n) is 5.19. The molecule has 6 heteroatoms. The molecule has 122 valence electrons. The first-order chi connectivity index (χ1) is 11.7. The van der Waals surface area contributed by atoms with E-state index in [0.717, 1.165) is 21.9 Å². The normalized spacial score (nSPS) is 10.4. The van der Waals surface area contributed by atoms with Gasteiger partial charge in [0.2, 0.25) is 0 Å². The number of nitrogens with zero attached hydrogens (tertiary/aromatic N) is 2. The van der Waals surface area contributed by atoms with E-state index in [1.54, 1.807) is 24.9 Å². The van der Waals surface area contributed by atoms with E-state index < -0.39 is 0 Å². The van der Waals surface area contributed by atoms with Crippen molar-refractivity contribution in [2.75, 3.05) is 7.11 Å². The van der Waals surface area contributed by atoms with Gasteiger partial charge < -0.3 is 10.1 Å². The zero-order valence-corrected chi connectivity index (χ0v) is 14.0. The van der Waals surface area contributed by atoms with Gasteiger partial charge in [-0.2, -0.15) is 0 Å². The first kappa shape index (κ1) is 16.1. The summed E-state index contributed by atoms with van der Waals surface area (Å²) in [5.74, 6) is 0.665. The summed E-state index contributed by atoms with van der Waals surface area (Å²) in [7, 11) is 1.65. The van der Waals surface area contributed by atoms with Crippen molar-refractivity contribution < 1.29 is 9.53 Å². The highest BCUT2D eigenvalue weighted by molar-refractivity contribution is 7.09. The van der Waals surface area contributed by atoms with Crippen LogP contribution >= 0.6 is 11.3 Å². The topological polar surface area (TPSA) is 64.1 Å². The second kappa shape index (κ2) is 7.70. The summed E-state index contributed by atoms with van der Waals surface area (Å²) in [6.07, 6.45) is 4.11. The lowest BCUT2D eigenvalue weighted by Gasteiger charge is -2.03. The van der Waals surface area contributed by atoms with E-state index in [2.05, 4.69) is 15.3 Å². The summed E-state index contributed by atoms with van der Waals surface area (Å²) in [4.78, 5) is 20.5. The third kappa shape index (κ3) is 4.17. The molecule has 1 N–H and O–H groups in total. The van der Waals surface area contributed by atoms with Crippen LogP contribution in [-0.4, -0.2) is 23.0 Å². The highest BCUT2D eigenvalue weighted by Crippen LogP contribution is 2.17. The number of hydrogen-bond donors (Lipinski definition) is 1. The highest BCUT2D eigenvalue weighted by atomic mass is 32.1. The standard InChI is InChI=1S/C18H17N3O2S/c1-23-15-4-2-13(3-5-15)10-17-21-16(12-24-17)18(22)20-11-14-6-8-19-9-7-14/h2-9,12H,10-11H2,1H3,(H,20,22). The minimum absolute atomic E-state index is 0.163. The van der Waals surface area contributed by atoms with Crippen molar-refractivity contribution in [3.63, 3.8) is 0 Å². The highest BCUT2D eigenvalue weighted by Gasteiger charge is 2.11. The lowest BCUT2D eigenvalue weighted by Crippen LogP contribution is -2.23. The second-order valence-corrected chi connectivity index (χ2v) is 6.13. The first-order valence-electron chi connectivity index (χ1n) is 7.49. The van der Waals surface area contributed by atoms with Crippen molar-refractivity contribution in [3.05, 3.63) is 76.0 Å². The fourth-order valence-corrected chi connectivity index (χ4v) is 3.00. The Morgan fingerprint density at radius 3 is 2.58 bits per heavy atom. The Morgan fingerprint density at radius 1 is 1.12 bits per heavy atom. The van der Waals surface area contributed by atoms with Gasteiger partial charge in [-0.3, -0.25) is 9.78 Å². The van der Waals surface area contributed by atoms with E-state index in [0.29, 0.717) is 18.7 Å². The maximum absolute atomic E-state index is 12.2. The molecule has 3 rings (SSSR count). The maximum atomic E-state index is 12.2. The van der Waals surface area contributed by atoms with Gasteiger partial charge in [-0.1, -0.05) is 12.1 Å². The molecule has 0 aliphatic rings. The number of thiazole rings is 1. The molecule has 0 atom stereocenters. The largest absolute Gasteiger partial charge is 0.497 e. The molecule has 0 fully saturated rings. The predicted octanol–water partition coefficient (Wildman–Crippen LogP) is 3.07. The van der Waals surface area contributed by atoms with Crippen molar-refractivity contribution in [1.82, 2.24) is 15.3 Å². The van der Waals surface area contributed by atoms with Gasteiger partial charge in [0.25, 0.3) is 5.91 Å². The van der Waals surface area contributed by atoms with Crippen LogP contribution in [0.15, 0.2) is 54.2 Å². The molecular formula is C18H17N3O2S. The van der Waals surface area contributed by atoms with Crippen LogP contribution in [0.25, 0.3) is 0 Å². The van der Waals surface area contributed by atoms with Crippen LogP contribution in [0.3, 0.4) is 0 Å². The summed E-state index contributed by atoms with van der Waals surface area (Å²) < 4.78 is 5.15. The molecular weight excluding hydrogens is 322 g/mol. The van der Waals surface area contributed by atoms with Crippen molar-refractivity contribution >= 4 is 17.2 Å². The van der Waals surface area contributed by atoms with Crippen LogP contribution in [-0.2, 0) is 13.0 Å². The number of carbonyl (C=O) groups is 1. The minimum Gasteiger partial charge on any atom is -0.497 e. The Bertz CT molecular complexity index is 801. The quantitative estimate of drug-likeness (QED) is 0.750. The Kier molecular flexibility index (Phi) is 5.18. The summed E-state index contributed by atoms with van der Waals surface area (Å²) in [5, 5.41) is 5.57. The zero-order chi connectivity index (χ0) is 16.8. The van der Waals surface area contributed by atoms with Crippen molar-refractivity contribution in [2.24, 2.45) is 0 Å². The molecule has 0 saturated heterocycles. The van der Waals surface area contributed by atoms with Crippen molar-refractivity contribution in [3.8, 4) is 5.75 Å². The molecule has 0 saturated carbocycles. The summed E-state index contributed by atoms with van der Waals surface area (Å²) >= 11 is 1.49.